The van der Waals surface area contributed by atoms with Crippen molar-refractivity contribution in [2.75, 3.05) is 24.9 Å². The fourth-order valence-corrected chi connectivity index (χ4v) is 6.10. The van der Waals surface area contributed by atoms with Crippen molar-refractivity contribution in [3.05, 3.63) is 58.3 Å². The summed E-state index contributed by atoms with van der Waals surface area (Å²) in [5.41, 5.74) is 3.74. The molecule has 0 fully saturated rings. The van der Waals surface area contributed by atoms with Crippen molar-refractivity contribution in [1.82, 2.24) is 9.97 Å². The summed E-state index contributed by atoms with van der Waals surface area (Å²) in [5.74, 6) is 1.55. The van der Waals surface area contributed by atoms with Gasteiger partial charge in [-0.25, -0.2) is 9.97 Å². The monoisotopic (exact) mass is 592 g/mol. The standard InChI is InChI=1S/C31H36N4O4S2/c1-20-28(22-12-16-24(38-3)17-13-22)34-30(40-20)32-26(36)10-8-6-5-7-9-11-27(37)33-31-35-29(21(2)41-31)23-14-18-25(39-4)19-15-23/h12-19H,5-11H2,1-4H3,(H,32,34,36)(H,33,35,37). The molecular formula is C31H36N4O4S2. The molecule has 0 bridgehead atoms. The Morgan fingerprint density at radius 1 is 0.634 bits per heavy atom. The normalized spacial score (nSPS) is 10.8. The number of aromatic nitrogens is 2. The molecule has 2 aromatic heterocycles. The van der Waals surface area contributed by atoms with Crippen LogP contribution in [0.5, 0.6) is 11.5 Å². The molecule has 10 heteroatoms. The molecule has 2 heterocycles. The Bertz CT molecular complexity index is 1340. The van der Waals surface area contributed by atoms with Gasteiger partial charge in [0.2, 0.25) is 11.8 Å². The number of aryl methyl sites for hydroxylation is 2. The summed E-state index contributed by atoms with van der Waals surface area (Å²) in [7, 11) is 3.28. The number of ether oxygens (including phenoxy) is 2. The van der Waals surface area contributed by atoms with Crippen molar-refractivity contribution in [2.24, 2.45) is 0 Å². The van der Waals surface area contributed by atoms with Gasteiger partial charge in [-0.2, -0.15) is 0 Å². The maximum Gasteiger partial charge on any atom is 0.226 e. The first-order valence-electron chi connectivity index (χ1n) is 13.7. The average molecular weight is 593 g/mol. The van der Waals surface area contributed by atoms with Crippen LogP contribution in [0, 0.1) is 13.8 Å². The number of amides is 2. The average Bonchev–Trinajstić information content (AvgIpc) is 3.53. The Labute approximate surface area is 249 Å². The molecule has 8 nitrogen and oxygen atoms in total. The van der Waals surface area contributed by atoms with Crippen molar-refractivity contribution in [1.29, 1.82) is 0 Å². The number of nitrogens with one attached hydrogen (secondary N) is 2. The third-order valence-corrected chi connectivity index (χ3v) is 8.39. The number of anilines is 2. The van der Waals surface area contributed by atoms with Gasteiger partial charge in [-0.1, -0.05) is 19.3 Å². The molecule has 0 saturated heterocycles. The lowest BCUT2D eigenvalue weighted by atomic mass is 10.1. The number of methoxy groups -OCH3 is 2. The van der Waals surface area contributed by atoms with E-state index in [2.05, 4.69) is 20.6 Å². The van der Waals surface area contributed by atoms with Crippen molar-refractivity contribution in [2.45, 2.75) is 58.8 Å². The molecule has 2 N–H and O–H groups in total. The number of rotatable bonds is 14. The summed E-state index contributed by atoms with van der Waals surface area (Å²) < 4.78 is 10.4. The fourth-order valence-electron chi connectivity index (χ4n) is 4.40. The fraction of sp³-hybridized carbons (Fsp3) is 0.355. The maximum absolute atomic E-state index is 12.4. The first-order chi connectivity index (χ1) is 19.9. The number of carbonyl (C=O) groups excluding carboxylic acids is 2. The van der Waals surface area contributed by atoms with Crippen LogP contribution in [-0.2, 0) is 9.59 Å². The summed E-state index contributed by atoms with van der Waals surface area (Å²) in [5, 5.41) is 7.12. The zero-order valence-corrected chi connectivity index (χ0v) is 25.5. The Morgan fingerprint density at radius 3 is 1.37 bits per heavy atom. The van der Waals surface area contributed by atoms with E-state index in [4.69, 9.17) is 9.47 Å². The number of benzene rings is 2. The molecule has 2 amide bonds. The van der Waals surface area contributed by atoms with E-state index in [1.807, 2.05) is 62.4 Å². The molecule has 0 atom stereocenters. The number of carbonyl (C=O) groups is 2. The van der Waals surface area contributed by atoms with Gasteiger partial charge in [0.25, 0.3) is 0 Å². The predicted octanol–water partition coefficient (Wildman–Crippen LogP) is 7.88. The highest BCUT2D eigenvalue weighted by Gasteiger charge is 2.14. The van der Waals surface area contributed by atoms with Gasteiger partial charge in [-0.05, 0) is 75.2 Å². The van der Waals surface area contributed by atoms with Gasteiger partial charge < -0.3 is 20.1 Å². The molecule has 2 aromatic carbocycles. The van der Waals surface area contributed by atoms with Crippen molar-refractivity contribution >= 4 is 44.8 Å². The molecule has 4 rings (SSSR count). The molecular weight excluding hydrogens is 556 g/mol. The van der Waals surface area contributed by atoms with Crippen LogP contribution >= 0.6 is 22.7 Å². The lowest BCUT2D eigenvalue weighted by molar-refractivity contribution is -0.117. The van der Waals surface area contributed by atoms with E-state index in [1.54, 1.807) is 14.2 Å². The third-order valence-electron chi connectivity index (χ3n) is 6.62. The number of thiazole rings is 2. The Balaban J connectivity index is 1.11. The number of nitrogens with zero attached hydrogens (tertiary/aromatic N) is 2. The second kappa shape index (κ2) is 14.7. The van der Waals surface area contributed by atoms with E-state index in [1.165, 1.54) is 22.7 Å². The number of hydrogen-bond donors (Lipinski definition) is 2. The Kier molecular flexibility index (Phi) is 10.9. The summed E-state index contributed by atoms with van der Waals surface area (Å²) in [6.07, 6.45) is 5.39. The molecule has 4 aromatic rings. The van der Waals surface area contributed by atoms with Gasteiger partial charge in [-0.15, -0.1) is 22.7 Å². The van der Waals surface area contributed by atoms with Gasteiger partial charge in [0.1, 0.15) is 11.5 Å². The maximum atomic E-state index is 12.4. The van der Waals surface area contributed by atoms with E-state index < -0.39 is 0 Å². The smallest absolute Gasteiger partial charge is 0.226 e. The SMILES string of the molecule is COc1ccc(-c2nc(NC(=O)CCCCCCCC(=O)Nc3nc(-c4ccc(OC)cc4)c(C)s3)sc2C)cc1. The van der Waals surface area contributed by atoms with Crippen molar-refractivity contribution in [3.63, 3.8) is 0 Å². The molecule has 0 spiro atoms. The minimum atomic E-state index is -0.0211. The van der Waals surface area contributed by atoms with Crippen LogP contribution in [0.4, 0.5) is 10.3 Å². The second-order valence-electron chi connectivity index (χ2n) is 9.67. The van der Waals surface area contributed by atoms with Crippen molar-refractivity contribution in [3.8, 4) is 34.0 Å². The van der Waals surface area contributed by atoms with Gasteiger partial charge in [-0.3, -0.25) is 9.59 Å². The number of unbranched alkanes of at least 4 members (excludes halogenated alkanes) is 4. The first kappa shape index (κ1) is 30.2. The van der Waals surface area contributed by atoms with Crippen LogP contribution in [0.2, 0.25) is 0 Å². The molecule has 0 aliphatic heterocycles. The summed E-state index contributed by atoms with van der Waals surface area (Å²) in [6, 6.07) is 15.5. The van der Waals surface area contributed by atoms with E-state index in [-0.39, 0.29) is 11.8 Å². The first-order valence-corrected chi connectivity index (χ1v) is 15.3. The third kappa shape index (κ3) is 8.61. The summed E-state index contributed by atoms with van der Waals surface area (Å²) in [4.78, 5) is 36.2. The highest BCUT2D eigenvalue weighted by Crippen LogP contribution is 2.32. The number of hydrogen-bond acceptors (Lipinski definition) is 8. The lowest BCUT2D eigenvalue weighted by Gasteiger charge is -2.04. The van der Waals surface area contributed by atoms with Crippen LogP contribution in [0.15, 0.2) is 48.5 Å². The molecule has 0 radical (unpaired) electrons. The van der Waals surface area contributed by atoms with E-state index in [0.717, 1.165) is 75.9 Å². The van der Waals surface area contributed by atoms with Gasteiger partial charge >= 0.3 is 0 Å². The molecule has 0 unspecified atom stereocenters. The van der Waals surface area contributed by atoms with Crippen LogP contribution < -0.4 is 20.1 Å². The zero-order valence-electron chi connectivity index (χ0n) is 23.9. The van der Waals surface area contributed by atoms with E-state index in [0.29, 0.717) is 23.1 Å². The zero-order chi connectivity index (χ0) is 29.2. The van der Waals surface area contributed by atoms with Gasteiger partial charge in [0, 0.05) is 33.7 Å². The topological polar surface area (TPSA) is 102 Å². The van der Waals surface area contributed by atoms with Crippen LogP contribution in [-0.4, -0.2) is 36.0 Å². The van der Waals surface area contributed by atoms with Crippen LogP contribution in [0.25, 0.3) is 22.5 Å². The predicted molar refractivity (Wildman–Crippen MR) is 167 cm³/mol. The molecule has 41 heavy (non-hydrogen) atoms. The minimum Gasteiger partial charge on any atom is -0.497 e. The van der Waals surface area contributed by atoms with E-state index >= 15 is 0 Å². The molecule has 0 aliphatic carbocycles. The Morgan fingerprint density at radius 2 is 1.00 bits per heavy atom. The van der Waals surface area contributed by atoms with Gasteiger partial charge in [0.05, 0.1) is 25.6 Å². The summed E-state index contributed by atoms with van der Waals surface area (Å²) >= 11 is 2.97. The highest BCUT2D eigenvalue weighted by molar-refractivity contribution is 7.16. The minimum absolute atomic E-state index is 0.0211. The Hall–Kier alpha value is -3.76. The van der Waals surface area contributed by atoms with Crippen molar-refractivity contribution < 1.29 is 19.1 Å². The van der Waals surface area contributed by atoms with Crippen LogP contribution in [0.1, 0.15) is 54.7 Å². The molecule has 0 saturated carbocycles. The second-order valence-corrected chi connectivity index (χ2v) is 12.1. The van der Waals surface area contributed by atoms with E-state index in [9.17, 15) is 9.59 Å². The summed E-state index contributed by atoms with van der Waals surface area (Å²) in [6.45, 7) is 4.01. The quantitative estimate of drug-likeness (QED) is 0.144. The molecule has 216 valence electrons. The van der Waals surface area contributed by atoms with Gasteiger partial charge in [0.15, 0.2) is 10.3 Å². The lowest BCUT2D eigenvalue weighted by Crippen LogP contribution is -2.11. The van der Waals surface area contributed by atoms with Crippen LogP contribution in [0.3, 0.4) is 0 Å². The largest absolute Gasteiger partial charge is 0.497 e. The molecule has 0 aliphatic rings. The highest BCUT2D eigenvalue weighted by atomic mass is 32.1.